The van der Waals surface area contributed by atoms with Crippen molar-refractivity contribution in [3.8, 4) is 5.75 Å². The highest BCUT2D eigenvalue weighted by atomic mass is 79.9. The maximum absolute atomic E-state index is 13.5. The van der Waals surface area contributed by atoms with E-state index >= 15 is 0 Å². The second-order valence-corrected chi connectivity index (χ2v) is 10.4. The smallest absolute Gasteiger partial charge is 0.245 e. The van der Waals surface area contributed by atoms with Crippen molar-refractivity contribution in [1.82, 2.24) is 25.6 Å². The van der Waals surface area contributed by atoms with E-state index in [9.17, 15) is 9.59 Å². The summed E-state index contributed by atoms with van der Waals surface area (Å²) in [6.45, 7) is 7.85. The Kier molecular flexibility index (Phi) is 8.67. The van der Waals surface area contributed by atoms with Crippen molar-refractivity contribution in [2.45, 2.75) is 58.3 Å². The number of halogens is 1. The quantitative estimate of drug-likeness (QED) is 0.423. The predicted molar refractivity (Wildman–Crippen MR) is 130 cm³/mol. The molecular weight excluding hydrogens is 504 g/mol. The number of nitrogens with zero attached hydrogens (tertiary/aromatic N) is 3. The van der Waals surface area contributed by atoms with E-state index in [2.05, 4.69) is 36.9 Å². The van der Waals surface area contributed by atoms with E-state index in [4.69, 9.17) is 15.2 Å². The summed E-state index contributed by atoms with van der Waals surface area (Å²) in [7, 11) is 1.57. The first-order valence-electron chi connectivity index (χ1n) is 11.2. The lowest BCUT2D eigenvalue weighted by molar-refractivity contribution is -0.128. The van der Waals surface area contributed by atoms with Gasteiger partial charge in [0.05, 0.1) is 42.5 Å². The Morgan fingerprint density at radius 1 is 1.38 bits per heavy atom. The number of amides is 2. The number of ether oxygens (including phenoxy) is 2. The number of aromatic nitrogens is 3. The molecule has 1 aliphatic rings. The highest BCUT2D eigenvalue weighted by Crippen LogP contribution is 2.33. The van der Waals surface area contributed by atoms with Crippen LogP contribution in [-0.2, 0) is 20.9 Å². The van der Waals surface area contributed by atoms with Gasteiger partial charge in [0.15, 0.2) is 0 Å². The monoisotopic (exact) mass is 536 g/mol. The van der Waals surface area contributed by atoms with E-state index in [1.807, 2.05) is 26.8 Å². The summed E-state index contributed by atoms with van der Waals surface area (Å²) >= 11 is 3.46. The summed E-state index contributed by atoms with van der Waals surface area (Å²) in [5.41, 5.74) is 6.49. The fourth-order valence-corrected chi connectivity index (χ4v) is 4.54. The van der Waals surface area contributed by atoms with Crippen LogP contribution in [0.25, 0.3) is 0 Å². The van der Waals surface area contributed by atoms with Crippen molar-refractivity contribution < 1.29 is 19.1 Å². The number of rotatable bonds is 10. The highest BCUT2D eigenvalue weighted by molar-refractivity contribution is 9.10. The van der Waals surface area contributed by atoms with Crippen molar-refractivity contribution in [2.24, 2.45) is 11.1 Å². The van der Waals surface area contributed by atoms with Crippen LogP contribution < -0.4 is 21.1 Å². The molecule has 0 bridgehead atoms. The first-order chi connectivity index (χ1) is 16.1. The minimum Gasteiger partial charge on any atom is -0.496 e. The fourth-order valence-electron chi connectivity index (χ4n) is 3.98. The molecule has 2 heterocycles. The molecule has 0 aliphatic carbocycles. The second kappa shape index (κ2) is 11.3. The Morgan fingerprint density at radius 3 is 2.74 bits per heavy atom. The molecule has 3 atom stereocenters. The van der Waals surface area contributed by atoms with E-state index in [-0.39, 0.29) is 12.3 Å². The normalized spacial score (nSPS) is 17.9. The maximum Gasteiger partial charge on any atom is 0.245 e. The molecule has 0 saturated carbocycles. The number of nitrogens with two attached hydrogens (primary N) is 1. The summed E-state index contributed by atoms with van der Waals surface area (Å²) in [6, 6.07) is 4.42. The van der Waals surface area contributed by atoms with Gasteiger partial charge < -0.3 is 25.8 Å². The molecule has 3 unspecified atom stereocenters. The summed E-state index contributed by atoms with van der Waals surface area (Å²) in [5, 5.41) is 14.9. The SMILES string of the molecule is COc1ccc(C(CC(N)=O)NC(=O)C(n2cc(CNC3CCOC3)nn2)C(C)(C)C)cc1Br. The second-order valence-electron chi connectivity index (χ2n) is 9.53. The number of carbonyl (C=O) groups excluding carboxylic acids is 2. The van der Waals surface area contributed by atoms with Gasteiger partial charge in [-0.15, -0.1) is 5.10 Å². The van der Waals surface area contributed by atoms with Gasteiger partial charge >= 0.3 is 0 Å². The van der Waals surface area contributed by atoms with Gasteiger partial charge in [-0.1, -0.05) is 32.1 Å². The minimum atomic E-state index is -0.652. The molecule has 2 aromatic rings. The van der Waals surface area contributed by atoms with E-state index in [1.165, 1.54) is 0 Å². The Balaban J connectivity index is 1.79. The molecule has 1 aromatic heterocycles. The molecule has 0 radical (unpaired) electrons. The van der Waals surface area contributed by atoms with Crippen molar-refractivity contribution in [3.63, 3.8) is 0 Å². The predicted octanol–water partition coefficient (Wildman–Crippen LogP) is 2.25. The van der Waals surface area contributed by atoms with E-state index in [0.29, 0.717) is 29.4 Å². The van der Waals surface area contributed by atoms with Crippen LogP contribution in [0.5, 0.6) is 5.75 Å². The number of nitrogens with one attached hydrogen (secondary N) is 2. The number of hydrogen-bond donors (Lipinski definition) is 3. The standard InChI is InChI=1S/C23H33BrN6O4/c1-23(2,3)21(30-12-16(28-29-30)11-26-15-7-8-34-13-15)22(32)27-18(10-20(25)31)14-5-6-19(33-4)17(24)9-14/h5-6,9,12,15,18,21,26H,7-8,10-11,13H2,1-4H3,(H2,25,31)(H,27,32). The molecular formula is C23H33BrN6O4. The molecule has 0 spiro atoms. The van der Waals surface area contributed by atoms with E-state index in [0.717, 1.165) is 24.3 Å². The average molecular weight is 537 g/mol. The van der Waals surface area contributed by atoms with Crippen molar-refractivity contribution in [1.29, 1.82) is 0 Å². The lowest BCUT2D eigenvalue weighted by Crippen LogP contribution is -2.42. The molecule has 1 aromatic carbocycles. The van der Waals surface area contributed by atoms with Crippen LogP contribution in [-0.4, -0.2) is 53.2 Å². The Hall–Kier alpha value is -2.50. The number of benzene rings is 1. The lowest BCUT2D eigenvalue weighted by atomic mass is 9.85. The minimum absolute atomic E-state index is 0.0443. The zero-order chi connectivity index (χ0) is 24.9. The zero-order valence-corrected chi connectivity index (χ0v) is 21.6. The molecule has 1 aliphatic heterocycles. The summed E-state index contributed by atoms with van der Waals surface area (Å²) in [6.07, 6.45) is 2.70. The van der Waals surface area contributed by atoms with Crippen LogP contribution in [0.1, 0.15) is 57.0 Å². The van der Waals surface area contributed by atoms with Gasteiger partial charge in [-0.3, -0.25) is 9.59 Å². The van der Waals surface area contributed by atoms with Gasteiger partial charge in [0.1, 0.15) is 11.8 Å². The van der Waals surface area contributed by atoms with Crippen LogP contribution in [0.2, 0.25) is 0 Å². The summed E-state index contributed by atoms with van der Waals surface area (Å²) in [4.78, 5) is 25.3. The zero-order valence-electron chi connectivity index (χ0n) is 20.0. The third-order valence-corrected chi connectivity index (χ3v) is 6.31. The van der Waals surface area contributed by atoms with Crippen LogP contribution in [0.4, 0.5) is 0 Å². The molecule has 10 nitrogen and oxygen atoms in total. The molecule has 11 heteroatoms. The Morgan fingerprint density at radius 2 is 2.15 bits per heavy atom. The third-order valence-electron chi connectivity index (χ3n) is 5.69. The van der Waals surface area contributed by atoms with Crippen LogP contribution in [0.15, 0.2) is 28.9 Å². The highest BCUT2D eigenvalue weighted by Gasteiger charge is 2.35. The van der Waals surface area contributed by atoms with Gasteiger partial charge in [-0.25, -0.2) is 4.68 Å². The Bertz CT molecular complexity index is 1000. The third kappa shape index (κ3) is 6.77. The van der Waals surface area contributed by atoms with Gasteiger partial charge in [0.25, 0.3) is 0 Å². The number of methoxy groups -OCH3 is 1. The molecule has 2 amide bonds. The van der Waals surface area contributed by atoms with Crippen LogP contribution >= 0.6 is 15.9 Å². The first kappa shape index (κ1) is 26.1. The lowest BCUT2D eigenvalue weighted by Gasteiger charge is -2.31. The largest absolute Gasteiger partial charge is 0.496 e. The first-order valence-corrected chi connectivity index (χ1v) is 12.0. The fraction of sp³-hybridized carbons (Fsp3) is 0.565. The summed E-state index contributed by atoms with van der Waals surface area (Å²) in [5.74, 6) is -0.151. The molecule has 1 saturated heterocycles. The van der Waals surface area contributed by atoms with E-state index < -0.39 is 23.4 Å². The molecule has 34 heavy (non-hydrogen) atoms. The Labute approximate surface area is 208 Å². The molecule has 186 valence electrons. The van der Waals surface area contributed by atoms with Crippen molar-refractivity contribution in [2.75, 3.05) is 20.3 Å². The maximum atomic E-state index is 13.5. The molecule has 1 fully saturated rings. The van der Waals surface area contributed by atoms with Crippen molar-refractivity contribution in [3.05, 3.63) is 40.1 Å². The van der Waals surface area contributed by atoms with Gasteiger partial charge in [0, 0.05) is 19.2 Å². The molecule has 4 N–H and O–H groups in total. The summed E-state index contributed by atoms with van der Waals surface area (Å²) < 4.78 is 13.0. The topological polar surface area (TPSA) is 133 Å². The van der Waals surface area contributed by atoms with Gasteiger partial charge in [-0.2, -0.15) is 0 Å². The number of hydrogen-bond acceptors (Lipinski definition) is 7. The van der Waals surface area contributed by atoms with E-state index in [1.54, 1.807) is 30.1 Å². The number of primary amides is 1. The van der Waals surface area contributed by atoms with Crippen LogP contribution in [0, 0.1) is 5.41 Å². The van der Waals surface area contributed by atoms with Crippen molar-refractivity contribution >= 4 is 27.7 Å². The van der Waals surface area contributed by atoms with Gasteiger partial charge in [0.2, 0.25) is 11.8 Å². The molecule has 3 rings (SSSR count). The average Bonchev–Trinajstić information content (AvgIpc) is 3.42. The number of carbonyl (C=O) groups is 2. The van der Waals surface area contributed by atoms with Crippen LogP contribution in [0.3, 0.4) is 0 Å². The van der Waals surface area contributed by atoms with Gasteiger partial charge in [-0.05, 0) is 45.5 Å².